The van der Waals surface area contributed by atoms with Gasteiger partial charge < -0.3 is 10.6 Å². The molecule has 0 saturated carbocycles. The van der Waals surface area contributed by atoms with Gasteiger partial charge in [0.1, 0.15) is 5.82 Å². The van der Waals surface area contributed by atoms with Gasteiger partial charge in [0.25, 0.3) is 0 Å². The molecule has 1 saturated heterocycles. The summed E-state index contributed by atoms with van der Waals surface area (Å²) in [5.74, 6) is 0.396. The lowest BCUT2D eigenvalue weighted by molar-refractivity contribution is -0.136. The molecule has 0 bridgehead atoms. The molecule has 0 spiro atoms. The highest BCUT2D eigenvalue weighted by atomic mass is 19.1. The summed E-state index contributed by atoms with van der Waals surface area (Å²) in [5, 5.41) is 0. The van der Waals surface area contributed by atoms with E-state index < -0.39 is 0 Å². The fourth-order valence-electron chi connectivity index (χ4n) is 2.96. The van der Waals surface area contributed by atoms with Gasteiger partial charge in [0.05, 0.1) is 0 Å². The SMILES string of the molecule is C[C@@H]1CCCN(C(=O)CCc2ccc(F)cc2)[C@@H]1CN. The van der Waals surface area contributed by atoms with Crippen molar-refractivity contribution in [1.29, 1.82) is 0 Å². The van der Waals surface area contributed by atoms with E-state index in [0.717, 1.165) is 24.9 Å². The molecule has 1 aliphatic rings. The summed E-state index contributed by atoms with van der Waals surface area (Å²) in [6.45, 7) is 3.51. The largest absolute Gasteiger partial charge is 0.338 e. The van der Waals surface area contributed by atoms with E-state index in [2.05, 4.69) is 6.92 Å². The van der Waals surface area contributed by atoms with E-state index in [4.69, 9.17) is 5.73 Å². The van der Waals surface area contributed by atoms with Gasteiger partial charge in [-0.1, -0.05) is 19.1 Å². The van der Waals surface area contributed by atoms with Crippen molar-refractivity contribution >= 4 is 5.91 Å². The first-order valence-electron chi connectivity index (χ1n) is 7.36. The van der Waals surface area contributed by atoms with Crippen LogP contribution in [0.3, 0.4) is 0 Å². The Hall–Kier alpha value is -1.42. The molecular formula is C16H23FN2O. The molecule has 4 heteroatoms. The smallest absolute Gasteiger partial charge is 0.223 e. The molecule has 0 unspecified atom stereocenters. The molecule has 3 nitrogen and oxygen atoms in total. The summed E-state index contributed by atoms with van der Waals surface area (Å²) < 4.78 is 12.8. The topological polar surface area (TPSA) is 46.3 Å². The number of halogens is 1. The van der Waals surface area contributed by atoms with Crippen molar-refractivity contribution in [3.05, 3.63) is 35.6 Å². The normalized spacial score (nSPS) is 22.9. The second kappa shape index (κ2) is 6.84. The highest BCUT2D eigenvalue weighted by Gasteiger charge is 2.30. The van der Waals surface area contributed by atoms with E-state index in [0.29, 0.717) is 25.3 Å². The molecule has 1 aromatic carbocycles. The third-order valence-corrected chi connectivity index (χ3v) is 4.22. The number of benzene rings is 1. The summed E-state index contributed by atoms with van der Waals surface area (Å²) in [6, 6.07) is 6.52. The van der Waals surface area contributed by atoms with Gasteiger partial charge in [-0.2, -0.15) is 0 Å². The van der Waals surface area contributed by atoms with Gasteiger partial charge in [0, 0.05) is 25.6 Å². The van der Waals surface area contributed by atoms with Gasteiger partial charge in [-0.25, -0.2) is 4.39 Å². The number of nitrogens with zero attached hydrogens (tertiary/aromatic N) is 1. The number of amides is 1. The number of aryl methyl sites for hydroxylation is 1. The predicted octanol–water partition coefficient (Wildman–Crippen LogP) is 2.34. The number of rotatable bonds is 4. The molecule has 20 heavy (non-hydrogen) atoms. The number of hydrogen-bond acceptors (Lipinski definition) is 2. The maximum atomic E-state index is 12.8. The third-order valence-electron chi connectivity index (χ3n) is 4.22. The summed E-state index contributed by atoms with van der Waals surface area (Å²) in [7, 11) is 0. The van der Waals surface area contributed by atoms with Crippen LogP contribution in [0.4, 0.5) is 4.39 Å². The Kier molecular flexibility index (Phi) is 5.12. The minimum atomic E-state index is -0.242. The number of hydrogen-bond donors (Lipinski definition) is 1. The van der Waals surface area contributed by atoms with E-state index >= 15 is 0 Å². The van der Waals surface area contributed by atoms with Crippen molar-refractivity contribution in [3.63, 3.8) is 0 Å². The molecule has 0 aliphatic carbocycles. The maximum Gasteiger partial charge on any atom is 0.223 e. The highest BCUT2D eigenvalue weighted by molar-refractivity contribution is 5.77. The number of carbonyl (C=O) groups is 1. The lowest BCUT2D eigenvalue weighted by Gasteiger charge is -2.39. The average molecular weight is 278 g/mol. The van der Waals surface area contributed by atoms with E-state index in [1.54, 1.807) is 12.1 Å². The molecule has 1 fully saturated rings. The third kappa shape index (κ3) is 3.57. The Labute approximate surface area is 120 Å². The second-order valence-corrected chi connectivity index (χ2v) is 5.64. The Bertz CT molecular complexity index is 446. The van der Waals surface area contributed by atoms with Crippen molar-refractivity contribution < 1.29 is 9.18 Å². The Morgan fingerprint density at radius 1 is 1.40 bits per heavy atom. The fraction of sp³-hybridized carbons (Fsp3) is 0.562. The van der Waals surface area contributed by atoms with E-state index in [-0.39, 0.29) is 17.8 Å². The van der Waals surface area contributed by atoms with Crippen molar-refractivity contribution in [3.8, 4) is 0 Å². The molecule has 0 aromatic heterocycles. The van der Waals surface area contributed by atoms with Crippen LogP contribution >= 0.6 is 0 Å². The molecule has 2 N–H and O–H groups in total. The van der Waals surface area contributed by atoms with Crippen LogP contribution in [0.5, 0.6) is 0 Å². The first kappa shape index (κ1) is 15.0. The Morgan fingerprint density at radius 2 is 2.10 bits per heavy atom. The number of carbonyl (C=O) groups excluding carboxylic acids is 1. The van der Waals surface area contributed by atoms with Crippen LogP contribution in [-0.2, 0) is 11.2 Å². The van der Waals surface area contributed by atoms with E-state index in [1.165, 1.54) is 12.1 Å². The predicted molar refractivity (Wildman–Crippen MR) is 77.7 cm³/mol. The lowest BCUT2D eigenvalue weighted by atomic mass is 9.90. The molecule has 1 amide bonds. The molecule has 2 atom stereocenters. The van der Waals surface area contributed by atoms with E-state index in [9.17, 15) is 9.18 Å². The van der Waals surface area contributed by atoms with Gasteiger partial charge in [0.2, 0.25) is 5.91 Å². The molecule has 1 aromatic rings. The van der Waals surface area contributed by atoms with Crippen LogP contribution in [-0.4, -0.2) is 29.9 Å². The molecule has 2 rings (SSSR count). The van der Waals surface area contributed by atoms with Crippen LogP contribution in [0.25, 0.3) is 0 Å². The van der Waals surface area contributed by atoms with Crippen molar-refractivity contribution in [2.24, 2.45) is 11.7 Å². The minimum absolute atomic E-state index is 0.163. The Balaban J connectivity index is 1.92. The van der Waals surface area contributed by atoms with Crippen LogP contribution in [0.2, 0.25) is 0 Å². The van der Waals surface area contributed by atoms with Gasteiger partial charge in [-0.05, 0) is 42.9 Å². The first-order chi connectivity index (χ1) is 9.61. The molecular weight excluding hydrogens is 255 g/mol. The minimum Gasteiger partial charge on any atom is -0.338 e. The van der Waals surface area contributed by atoms with Crippen LogP contribution in [0.1, 0.15) is 31.7 Å². The summed E-state index contributed by atoms with van der Waals surface area (Å²) >= 11 is 0. The highest BCUT2D eigenvalue weighted by Crippen LogP contribution is 2.23. The first-order valence-corrected chi connectivity index (χ1v) is 7.36. The molecule has 110 valence electrons. The van der Waals surface area contributed by atoms with Gasteiger partial charge >= 0.3 is 0 Å². The molecule has 0 radical (unpaired) electrons. The zero-order valence-electron chi connectivity index (χ0n) is 12.0. The number of nitrogens with two attached hydrogens (primary N) is 1. The van der Waals surface area contributed by atoms with Gasteiger partial charge in [-0.15, -0.1) is 0 Å². The molecule has 1 heterocycles. The summed E-state index contributed by atoms with van der Waals surface area (Å²) in [4.78, 5) is 14.3. The van der Waals surface area contributed by atoms with Gasteiger partial charge in [0.15, 0.2) is 0 Å². The second-order valence-electron chi connectivity index (χ2n) is 5.64. The van der Waals surface area contributed by atoms with Crippen molar-refractivity contribution in [2.45, 2.75) is 38.6 Å². The standard InChI is InChI=1S/C16H23FN2O/c1-12-3-2-10-19(15(12)11-18)16(20)9-6-13-4-7-14(17)8-5-13/h4-5,7-8,12,15H,2-3,6,9-11,18H2,1H3/t12-,15-/m1/s1. The van der Waals surface area contributed by atoms with Crippen molar-refractivity contribution in [1.82, 2.24) is 4.90 Å². The molecule has 1 aliphatic heterocycles. The number of piperidine rings is 1. The summed E-state index contributed by atoms with van der Waals surface area (Å²) in [6.07, 6.45) is 3.32. The van der Waals surface area contributed by atoms with Crippen LogP contribution < -0.4 is 5.73 Å². The maximum absolute atomic E-state index is 12.8. The lowest BCUT2D eigenvalue weighted by Crippen LogP contribution is -2.51. The average Bonchev–Trinajstić information content (AvgIpc) is 2.46. The van der Waals surface area contributed by atoms with Gasteiger partial charge in [-0.3, -0.25) is 4.79 Å². The fourth-order valence-corrected chi connectivity index (χ4v) is 2.96. The van der Waals surface area contributed by atoms with Crippen LogP contribution in [0, 0.1) is 11.7 Å². The Morgan fingerprint density at radius 3 is 2.75 bits per heavy atom. The number of likely N-dealkylation sites (tertiary alicyclic amines) is 1. The zero-order chi connectivity index (χ0) is 14.5. The monoisotopic (exact) mass is 278 g/mol. The van der Waals surface area contributed by atoms with Crippen molar-refractivity contribution in [2.75, 3.05) is 13.1 Å². The quantitative estimate of drug-likeness (QED) is 0.919. The van der Waals surface area contributed by atoms with Crippen LogP contribution in [0.15, 0.2) is 24.3 Å². The summed E-state index contributed by atoms with van der Waals surface area (Å²) in [5.41, 5.74) is 6.80. The van der Waals surface area contributed by atoms with E-state index in [1.807, 2.05) is 4.90 Å². The zero-order valence-corrected chi connectivity index (χ0v) is 12.0.